The molecular weight excluding hydrogens is 1320 g/mol. The summed E-state index contributed by atoms with van der Waals surface area (Å²) in [7, 11) is -9.92. The molecule has 3 N–H and O–H groups in total. The largest absolute Gasteiger partial charge is 0.472 e. The number of hydrogen-bond acceptors (Lipinski definition) is 15. The van der Waals surface area contributed by atoms with Crippen LogP contribution in [0.25, 0.3) is 0 Å². The van der Waals surface area contributed by atoms with Crippen LogP contribution in [0.3, 0.4) is 0 Å². The molecule has 0 saturated heterocycles. The van der Waals surface area contributed by atoms with Crippen LogP contribution < -0.4 is 0 Å². The van der Waals surface area contributed by atoms with E-state index in [0.29, 0.717) is 25.7 Å². The minimum Gasteiger partial charge on any atom is -0.462 e. The van der Waals surface area contributed by atoms with Crippen LogP contribution in [0.2, 0.25) is 0 Å². The van der Waals surface area contributed by atoms with E-state index in [9.17, 15) is 43.2 Å². The smallest absolute Gasteiger partial charge is 0.462 e. The number of hydrogen-bond donors (Lipinski definition) is 3. The van der Waals surface area contributed by atoms with Crippen molar-refractivity contribution in [3.05, 3.63) is 0 Å². The van der Waals surface area contributed by atoms with Crippen LogP contribution in [0.15, 0.2) is 0 Å². The molecule has 0 heterocycles. The molecule has 101 heavy (non-hydrogen) atoms. The lowest BCUT2D eigenvalue weighted by molar-refractivity contribution is -0.161. The zero-order chi connectivity index (χ0) is 74.2. The highest BCUT2D eigenvalue weighted by Gasteiger charge is 2.30. The standard InChI is InChI=1S/C82H160O17P2/c1-7-9-11-13-15-17-19-21-23-24-25-26-27-28-29-31-33-35-40-48-54-60-66-81(86)98-77(70-92-79(84)64-58-52-46-39-34-32-30-22-20-18-16-14-12-10-8-2)72-96-100(88,89)94-68-76(83)69-95-101(90,91)97-73-78(71-93-80(85)65-59-53-47-43-42-45-51-57-63-75(5)6)99-82(87)67-61-55-49-41-37-36-38-44-50-56-62-74(3)4/h74-78,83H,7-73H2,1-6H3,(H,88,89)(H,90,91)/t76-,77-,78-/m1/s1. The summed E-state index contributed by atoms with van der Waals surface area (Å²) in [5, 5.41) is 10.6. The van der Waals surface area contributed by atoms with Gasteiger partial charge in [-0.1, -0.05) is 382 Å². The van der Waals surface area contributed by atoms with E-state index in [-0.39, 0.29) is 25.7 Å². The van der Waals surface area contributed by atoms with Gasteiger partial charge in [-0.25, -0.2) is 9.13 Å². The average Bonchev–Trinajstić information content (AvgIpc) is 0.978. The Kier molecular flexibility index (Phi) is 72.2. The van der Waals surface area contributed by atoms with Crippen molar-refractivity contribution in [2.24, 2.45) is 11.8 Å². The van der Waals surface area contributed by atoms with Crippen LogP contribution in [0.5, 0.6) is 0 Å². The molecule has 600 valence electrons. The summed E-state index contributed by atoms with van der Waals surface area (Å²) in [5.41, 5.74) is 0. The number of rotatable bonds is 81. The number of phosphoric ester groups is 2. The molecule has 0 saturated carbocycles. The number of carbonyl (C=O) groups is 4. The van der Waals surface area contributed by atoms with Crippen molar-refractivity contribution in [2.45, 2.75) is 452 Å². The maximum absolute atomic E-state index is 13.1. The van der Waals surface area contributed by atoms with Gasteiger partial charge in [0.05, 0.1) is 26.4 Å². The second-order valence-corrected chi connectivity index (χ2v) is 33.4. The summed E-state index contributed by atoms with van der Waals surface area (Å²) in [6.07, 6.45) is 64.0. The molecule has 19 heteroatoms. The first-order valence-corrected chi connectivity index (χ1v) is 45.5. The first-order chi connectivity index (χ1) is 48.9. The highest BCUT2D eigenvalue weighted by atomic mass is 31.2. The summed E-state index contributed by atoms with van der Waals surface area (Å²) in [5.74, 6) is -0.631. The van der Waals surface area contributed by atoms with E-state index in [4.69, 9.17) is 37.0 Å². The maximum atomic E-state index is 13.1. The molecule has 0 radical (unpaired) electrons. The number of esters is 4. The van der Waals surface area contributed by atoms with Crippen LogP contribution in [0.4, 0.5) is 0 Å². The van der Waals surface area contributed by atoms with E-state index in [1.807, 2.05) is 0 Å². The average molecular weight is 1480 g/mol. The van der Waals surface area contributed by atoms with Crippen molar-refractivity contribution in [1.29, 1.82) is 0 Å². The molecule has 0 amide bonds. The number of ether oxygens (including phenoxy) is 4. The van der Waals surface area contributed by atoms with Crippen LogP contribution in [0, 0.1) is 11.8 Å². The summed E-state index contributed by atoms with van der Waals surface area (Å²) in [4.78, 5) is 73.0. The van der Waals surface area contributed by atoms with Gasteiger partial charge in [-0.2, -0.15) is 0 Å². The van der Waals surface area contributed by atoms with Gasteiger partial charge >= 0.3 is 39.5 Å². The summed E-state index contributed by atoms with van der Waals surface area (Å²) in [6.45, 7) is 9.59. The van der Waals surface area contributed by atoms with Crippen molar-refractivity contribution in [3.63, 3.8) is 0 Å². The van der Waals surface area contributed by atoms with Crippen molar-refractivity contribution in [2.75, 3.05) is 39.6 Å². The number of phosphoric acid groups is 2. The zero-order valence-electron chi connectivity index (χ0n) is 66.2. The first-order valence-electron chi connectivity index (χ1n) is 42.5. The maximum Gasteiger partial charge on any atom is 0.472 e. The molecule has 0 aromatic heterocycles. The SMILES string of the molecule is CCCCCCCCCCCCCCCCCCCCCCCCC(=O)O[C@H](COC(=O)CCCCCCCCCCCCCCCCC)COP(=O)(O)OC[C@@H](O)COP(=O)(O)OC[C@@H](COC(=O)CCCCCCCCCCC(C)C)OC(=O)CCCCCCCCCCCCC(C)C. The summed E-state index contributed by atoms with van der Waals surface area (Å²) in [6, 6.07) is 0. The van der Waals surface area contributed by atoms with E-state index >= 15 is 0 Å². The van der Waals surface area contributed by atoms with E-state index in [0.717, 1.165) is 102 Å². The lowest BCUT2D eigenvalue weighted by Crippen LogP contribution is -2.30. The molecule has 0 rings (SSSR count). The predicted molar refractivity (Wildman–Crippen MR) is 414 cm³/mol. The molecule has 5 atom stereocenters. The van der Waals surface area contributed by atoms with Gasteiger partial charge in [0, 0.05) is 25.7 Å². The quantitative estimate of drug-likeness (QED) is 0.0222. The third-order valence-electron chi connectivity index (χ3n) is 19.2. The van der Waals surface area contributed by atoms with Gasteiger partial charge in [-0.15, -0.1) is 0 Å². The Labute approximate surface area is 619 Å². The number of unbranched alkanes of at least 4 members (excludes halogenated alkanes) is 51. The number of carbonyl (C=O) groups excluding carboxylic acids is 4. The van der Waals surface area contributed by atoms with Crippen LogP contribution in [0.1, 0.15) is 433 Å². The van der Waals surface area contributed by atoms with Crippen LogP contribution in [-0.2, 0) is 65.4 Å². The van der Waals surface area contributed by atoms with Crippen molar-refractivity contribution in [1.82, 2.24) is 0 Å². The molecule has 17 nitrogen and oxygen atoms in total. The zero-order valence-corrected chi connectivity index (χ0v) is 68.0. The molecule has 0 aliphatic heterocycles. The van der Waals surface area contributed by atoms with Gasteiger partial charge in [0.25, 0.3) is 0 Å². The Morgan fingerprint density at radius 2 is 0.455 bits per heavy atom. The van der Waals surface area contributed by atoms with E-state index in [1.165, 1.54) is 250 Å². The molecule has 0 spiro atoms. The van der Waals surface area contributed by atoms with Gasteiger partial charge in [0.2, 0.25) is 0 Å². The molecular formula is C82H160O17P2. The third-order valence-corrected chi connectivity index (χ3v) is 21.1. The Bertz CT molecular complexity index is 1940. The number of aliphatic hydroxyl groups is 1. The topological polar surface area (TPSA) is 237 Å². The Hall–Kier alpha value is -1.94. The van der Waals surface area contributed by atoms with Gasteiger partial charge in [0.1, 0.15) is 19.3 Å². The highest BCUT2D eigenvalue weighted by molar-refractivity contribution is 7.47. The highest BCUT2D eigenvalue weighted by Crippen LogP contribution is 2.45. The second-order valence-electron chi connectivity index (χ2n) is 30.5. The molecule has 0 aliphatic carbocycles. The Balaban J connectivity index is 5.21. The lowest BCUT2D eigenvalue weighted by Gasteiger charge is -2.21. The van der Waals surface area contributed by atoms with Crippen molar-refractivity contribution in [3.8, 4) is 0 Å². The molecule has 0 bridgehead atoms. The fourth-order valence-electron chi connectivity index (χ4n) is 12.7. The fraction of sp³-hybridized carbons (Fsp3) is 0.951. The van der Waals surface area contributed by atoms with Gasteiger partial charge in [-0.05, 0) is 37.5 Å². The lowest BCUT2D eigenvalue weighted by atomic mass is 10.0. The van der Waals surface area contributed by atoms with Crippen LogP contribution >= 0.6 is 15.6 Å². The van der Waals surface area contributed by atoms with Gasteiger partial charge in [0.15, 0.2) is 12.2 Å². The van der Waals surface area contributed by atoms with Gasteiger partial charge < -0.3 is 33.8 Å². The predicted octanol–water partition coefficient (Wildman–Crippen LogP) is 24.7. The second kappa shape index (κ2) is 73.6. The van der Waals surface area contributed by atoms with E-state index in [2.05, 4.69) is 41.5 Å². The van der Waals surface area contributed by atoms with Gasteiger partial charge in [-0.3, -0.25) is 37.3 Å². The van der Waals surface area contributed by atoms with Crippen LogP contribution in [-0.4, -0.2) is 96.7 Å². The van der Waals surface area contributed by atoms with Crippen molar-refractivity contribution < 1.29 is 80.2 Å². The number of aliphatic hydroxyl groups excluding tert-OH is 1. The van der Waals surface area contributed by atoms with Crippen molar-refractivity contribution >= 4 is 39.5 Å². The minimum absolute atomic E-state index is 0.106. The summed E-state index contributed by atoms with van der Waals surface area (Å²) >= 11 is 0. The first kappa shape index (κ1) is 99.1. The molecule has 0 aromatic carbocycles. The molecule has 2 unspecified atom stereocenters. The summed E-state index contributed by atoms with van der Waals surface area (Å²) < 4.78 is 68.7. The molecule has 0 aromatic rings. The monoisotopic (exact) mass is 1480 g/mol. The Morgan fingerprint density at radius 1 is 0.267 bits per heavy atom. The molecule has 0 fully saturated rings. The molecule has 0 aliphatic rings. The third kappa shape index (κ3) is 76.1. The van der Waals surface area contributed by atoms with E-state index in [1.54, 1.807) is 0 Å². The Morgan fingerprint density at radius 3 is 0.673 bits per heavy atom. The van der Waals surface area contributed by atoms with E-state index < -0.39 is 97.5 Å². The normalized spacial score (nSPS) is 13.9. The minimum atomic E-state index is -4.96. The fourth-order valence-corrected chi connectivity index (χ4v) is 14.3.